The molecule has 1 aliphatic rings. The highest BCUT2D eigenvalue weighted by atomic mass is 32.1. The van der Waals surface area contributed by atoms with E-state index in [1.165, 1.54) is 6.42 Å². The lowest BCUT2D eigenvalue weighted by Gasteiger charge is -2.39. The van der Waals surface area contributed by atoms with Crippen LogP contribution in [0.25, 0.3) is 0 Å². The second kappa shape index (κ2) is 7.22. The third kappa shape index (κ3) is 3.68. The van der Waals surface area contributed by atoms with E-state index in [2.05, 4.69) is 20.8 Å². The Labute approximate surface area is 122 Å². The maximum atomic E-state index is 12.9. The van der Waals surface area contributed by atoms with Crippen LogP contribution in [0, 0.1) is 11.3 Å². The summed E-state index contributed by atoms with van der Waals surface area (Å²) in [6, 6.07) is 0. The molecular weight excluding hydrogens is 256 g/mol. The van der Waals surface area contributed by atoms with Gasteiger partial charge in [-0.25, -0.2) is 0 Å². The summed E-state index contributed by atoms with van der Waals surface area (Å²) in [6.45, 7) is 8.11. The number of nitrogens with zero attached hydrogens (tertiary/aromatic N) is 1. The first-order valence-electron chi connectivity index (χ1n) is 7.57. The molecule has 0 aromatic carbocycles. The molecule has 1 rings (SSSR count). The fourth-order valence-electron chi connectivity index (χ4n) is 3.22. The van der Waals surface area contributed by atoms with Crippen molar-refractivity contribution in [2.45, 2.75) is 59.3 Å². The summed E-state index contributed by atoms with van der Waals surface area (Å²) in [4.78, 5) is 15.3. The number of rotatable bonds is 6. The van der Waals surface area contributed by atoms with Gasteiger partial charge < -0.3 is 10.6 Å². The van der Waals surface area contributed by atoms with Gasteiger partial charge in [0.25, 0.3) is 0 Å². The summed E-state index contributed by atoms with van der Waals surface area (Å²) in [7, 11) is 0. The van der Waals surface area contributed by atoms with Crippen LogP contribution in [0.4, 0.5) is 0 Å². The van der Waals surface area contributed by atoms with Gasteiger partial charge in [-0.3, -0.25) is 4.79 Å². The van der Waals surface area contributed by atoms with Gasteiger partial charge >= 0.3 is 0 Å². The van der Waals surface area contributed by atoms with E-state index in [1.807, 2.05) is 4.90 Å². The molecule has 1 saturated heterocycles. The highest BCUT2D eigenvalue weighted by Gasteiger charge is 2.43. The number of carbonyl (C=O) groups is 1. The van der Waals surface area contributed by atoms with Crippen LogP contribution in [0.15, 0.2) is 0 Å². The molecule has 1 fully saturated rings. The van der Waals surface area contributed by atoms with Gasteiger partial charge in [-0.05, 0) is 31.6 Å². The van der Waals surface area contributed by atoms with Crippen molar-refractivity contribution in [1.82, 2.24) is 4.90 Å². The summed E-state index contributed by atoms with van der Waals surface area (Å²) in [5.74, 6) is 0.764. The van der Waals surface area contributed by atoms with Crippen LogP contribution in [-0.4, -0.2) is 28.9 Å². The SMILES string of the molecule is CCCC(CCC)(C(=O)N1CCCC(C)C1)C(N)=S. The summed E-state index contributed by atoms with van der Waals surface area (Å²) in [6.07, 6.45) is 5.74. The monoisotopic (exact) mass is 284 g/mol. The van der Waals surface area contributed by atoms with E-state index in [0.717, 1.165) is 45.2 Å². The summed E-state index contributed by atoms with van der Waals surface area (Å²) < 4.78 is 0. The highest BCUT2D eigenvalue weighted by Crippen LogP contribution is 2.34. The van der Waals surface area contributed by atoms with Crippen LogP contribution in [0.1, 0.15) is 59.3 Å². The van der Waals surface area contributed by atoms with Crippen molar-refractivity contribution in [2.75, 3.05) is 13.1 Å². The van der Waals surface area contributed by atoms with Crippen molar-refractivity contribution in [3.63, 3.8) is 0 Å². The van der Waals surface area contributed by atoms with Crippen molar-refractivity contribution >= 4 is 23.1 Å². The lowest BCUT2D eigenvalue weighted by Crippen LogP contribution is -2.53. The summed E-state index contributed by atoms with van der Waals surface area (Å²) in [5, 5.41) is 0. The van der Waals surface area contributed by atoms with Crippen LogP contribution >= 0.6 is 12.2 Å². The molecule has 0 radical (unpaired) electrons. The largest absolute Gasteiger partial charge is 0.392 e. The van der Waals surface area contributed by atoms with Crippen LogP contribution < -0.4 is 5.73 Å². The number of likely N-dealkylation sites (tertiary alicyclic amines) is 1. The van der Waals surface area contributed by atoms with Gasteiger partial charge in [-0.15, -0.1) is 0 Å². The minimum absolute atomic E-state index is 0.176. The van der Waals surface area contributed by atoms with Gasteiger partial charge in [0.2, 0.25) is 5.91 Å². The Balaban J connectivity index is 2.94. The van der Waals surface area contributed by atoms with Gasteiger partial charge in [0.15, 0.2) is 0 Å². The summed E-state index contributed by atoms with van der Waals surface area (Å²) in [5.41, 5.74) is 5.37. The maximum Gasteiger partial charge on any atom is 0.235 e. The quantitative estimate of drug-likeness (QED) is 0.762. The van der Waals surface area contributed by atoms with Crippen LogP contribution in [0.5, 0.6) is 0 Å². The Bertz CT molecular complexity index is 324. The molecule has 1 heterocycles. The van der Waals surface area contributed by atoms with Crippen LogP contribution in [-0.2, 0) is 4.79 Å². The Morgan fingerprint density at radius 1 is 1.37 bits per heavy atom. The predicted molar refractivity (Wildman–Crippen MR) is 84.0 cm³/mol. The normalized spacial score (nSPS) is 20.4. The number of piperidine rings is 1. The van der Waals surface area contributed by atoms with Crippen LogP contribution in [0.3, 0.4) is 0 Å². The number of thiocarbonyl (C=S) groups is 1. The Kier molecular flexibility index (Phi) is 6.24. The lowest BCUT2D eigenvalue weighted by atomic mass is 9.77. The average Bonchev–Trinajstić information content (AvgIpc) is 2.37. The molecule has 3 nitrogen and oxygen atoms in total. The molecule has 1 amide bonds. The minimum Gasteiger partial charge on any atom is -0.392 e. The number of nitrogens with two attached hydrogens (primary N) is 1. The van der Waals surface area contributed by atoms with E-state index in [4.69, 9.17) is 18.0 Å². The first-order valence-corrected chi connectivity index (χ1v) is 7.98. The lowest BCUT2D eigenvalue weighted by molar-refractivity contribution is -0.140. The zero-order valence-electron chi connectivity index (χ0n) is 12.6. The predicted octanol–water partition coefficient (Wildman–Crippen LogP) is 3.12. The topological polar surface area (TPSA) is 46.3 Å². The van der Waals surface area contributed by atoms with Gasteiger partial charge in [0.1, 0.15) is 0 Å². The maximum absolute atomic E-state index is 12.9. The van der Waals surface area contributed by atoms with E-state index in [1.54, 1.807) is 0 Å². The Hall–Kier alpha value is -0.640. The van der Waals surface area contributed by atoms with Crippen molar-refractivity contribution in [1.29, 1.82) is 0 Å². The average molecular weight is 284 g/mol. The molecule has 0 spiro atoms. The molecule has 19 heavy (non-hydrogen) atoms. The zero-order valence-corrected chi connectivity index (χ0v) is 13.4. The molecule has 110 valence electrons. The van der Waals surface area contributed by atoms with Crippen molar-refractivity contribution in [2.24, 2.45) is 17.1 Å². The third-order valence-corrected chi connectivity index (χ3v) is 4.57. The number of carbonyl (C=O) groups excluding carboxylic acids is 1. The Morgan fingerprint density at radius 2 is 1.95 bits per heavy atom. The fourth-order valence-corrected chi connectivity index (χ4v) is 3.51. The molecule has 0 bridgehead atoms. The minimum atomic E-state index is -0.601. The van der Waals surface area contributed by atoms with Gasteiger partial charge in [-0.2, -0.15) is 0 Å². The molecule has 1 unspecified atom stereocenters. The van der Waals surface area contributed by atoms with E-state index in [-0.39, 0.29) is 5.91 Å². The second-order valence-electron chi connectivity index (χ2n) is 5.94. The van der Waals surface area contributed by atoms with Crippen molar-refractivity contribution in [3.05, 3.63) is 0 Å². The van der Waals surface area contributed by atoms with Crippen LogP contribution in [0.2, 0.25) is 0 Å². The number of hydrogen-bond acceptors (Lipinski definition) is 2. The Morgan fingerprint density at radius 3 is 2.37 bits per heavy atom. The zero-order chi connectivity index (χ0) is 14.5. The molecule has 4 heteroatoms. The second-order valence-corrected chi connectivity index (χ2v) is 6.38. The fraction of sp³-hybridized carbons (Fsp3) is 0.867. The van der Waals surface area contributed by atoms with Crippen molar-refractivity contribution in [3.8, 4) is 0 Å². The van der Waals surface area contributed by atoms with Gasteiger partial charge in [0.05, 0.1) is 10.4 Å². The molecular formula is C15H28N2OS. The molecule has 0 aliphatic carbocycles. The van der Waals surface area contributed by atoms with E-state index in [9.17, 15) is 4.79 Å². The third-order valence-electron chi connectivity index (χ3n) is 4.18. The highest BCUT2D eigenvalue weighted by molar-refractivity contribution is 7.80. The van der Waals surface area contributed by atoms with E-state index < -0.39 is 5.41 Å². The van der Waals surface area contributed by atoms with E-state index >= 15 is 0 Å². The molecule has 0 aromatic rings. The molecule has 0 aromatic heterocycles. The summed E-state index contributed by atoms with van der Waals surface area (Å²) >= 11 is 5.27. The molecule has 2 N–H and O–H groups in total. The molecule has 1 atom stereocenters. The molecule has 0 saturated carbocycles. The van der Waals surface area contributed by atoms with Crippen molar-refractivity contribution < 1.29 is 4.79 Å². The van der Waals surface area contributed by atoms with Gasteiger partial charge in [-0.1, -0.05) is 45.8 Å². The number of amides is 1. The first-order chi connectivity index (χ1) is 8.97. The smallest absolute Gasteiger partial charge is 0.235 e. The number of hydrogen-bond donors (Lipinski definition) is 1. The first kappa shape index (κ1) is 16.4. The standard InChI is InChI=1S/C15H28N2OS/c1-4-8-15(9-5-2,13(16)19)14(18)17-10-6-7-12(3)11-17/h12H,4-11H2,1-3H3,(H2,16,19). The van der Waals surface area contributed by atoms with Gasteiger partial charge in [0, 0.05) is 13.1 Å². The molecule has 1 aliphatic heterocycles. The van der Waals surface area contributed by atoms with E-state index in [0.29, 0.717) is 10.9 Å².